The first-order chi connectivity index (χ1) is 9.36. The van der Waals surface area contributed by atoms with Crippen LogP contribution < -0.4 is 4.72 Å². The molecule has 112 valence electrons. The third-order valence-corrected chi connectivity index (χ3v) is 3.76. The summed E-state index contributed by atoms with van der Waals surface area (Å²) in [5.41, 5.74) is -0.0977. The number of hydrogen-bond donors (Lipinski definition) is 3. The lowest BCUT2D eigenvalue weighted by Gasteiger charge is -2.10. The quantitative estimate of drug-likeness (QED) is 0.588. The number of hydrogen-bond acceptors (Lipinski definition) is 6. The van der Waals surface area contributed by atoms with E-state index in [9.17, 15) is 18.3 Å². The number of pyridine rings is 1. The number of carboxylic acid groups (broad SMARTS) is 1. The molecule has 3 N–H and O–H groups in total. The van der Waals surface area contributed by atoms with Gasteiger partial charge in [-0.2, -0.15) is 0 Å². The van der Waals surface area contributed by atoms with Crippen molar-refractivity contribution in [1.82, 2.24) is 9.71 Å². The highest BCUT2D eigenvalue weighted by molar-refractivity contribution is 7.89. The van der Waals surface area contributed by atoms with E-state index >= 15 is 0 Å². The van der Waals surface area contributed by atoms with Crippen LogP contribution in [-0.2, 0) is 14.8 Å². The minimum absolute atomic E-state index is 0.0230. The van der Waals surface area contributed by atoms with Crippen LogP contribution in [0.1, 0.15) is 16.8 Å². The van der Waals surface area contributed by atoms with Crippen LogP contribution in [0, 0.1) is 0 Å². The molecule has 20 heavy (non-hydrogen) atoms. The van der Waals surface area contributed by atoms with Crippen molar-refractivity contribution in [2.24, 2.45) is 0 Å². The van der Waals surface area contributed by atoms with Crippen LogP contribution in [0.25, 0.3) is 0 Å². The highest BCUT2D eigenvalue weighted by atomic mass is 32.2. The van der Waals surface area contributed by atoms with Crippen molar-refractivity contribution < 1.29 is 28.2 Å². The van der Waals surface area contributed by atoms with Crippen molar-refractivity contribution in [3.63, 3.8) is 0 Å². The minimum atomic E-state index is -3.82. The van der Waals surface area contributed by atoms with Crippen LogP contribution >= 0.6 is 0 Å². The molecule has 1 rings (SSSR count). The summed E-state index contributed by atoms with van der Waals surface area (Å²) in [6.07, 6.45) is 0.404. The summed E-state index contributed by atoms with van der Waals surface area (Å²) in [7, 11) is -2.39. The number of ether oxygens (including phenoxy) is 1. The van der Waals surface area contributed by atoms with Crippen LogP contribution in [0.3, 0.4) is 0 Å². The third-order valence-electron chi connectivity index (χ3n) is 2.39. The lowest BCUT2D eigenvalue weighted by atomic mass is 10.3. The molecule has 1 atom stereocenters. The second kappa shape index (κ2) is 7.29. The van der Waals surface area contributed by atoms with E-state index in [1.54, 1.807) is 0 Å². The predicted octanol–water partition coefficient (Wildman–Crippen LogP) is -0.544. The van der Waals surface area contributed by atoms with Crippen molar-refractivity contribution in [2.45, 2.75) is 17.6 Å². The van der Waals surface area contributed by atoms with Crippen LogP contribution in [0.15, 0.2) is 23.4 Å². The highest BCUT2D eigenvalue weighted by Crippen LogP contribution is 2.06. The van der Waals surface area contributed by atoms with Gasteiger partial charge in [0.15, 0.2) is 5.03 Å². The first kappa shape index (κ1) is 16.5. The molecule has 8 nitrogen and oxygen atoms in total. The Labute approximate surface area is 116 Å². The summed E-state index contributed by atoms with van der Waals surface area (Å²) in [6.45, 7) is 0.141. The van der Waals surface area contributed by atoms with E-state index < -0.39 is 22.1 Å². The van der Waals surface area contributed by atoms with Gasteiger partial charge < -0.3 is 14.9 Å². The summed E-state index contributed by atoms with van der Waals surface area (Å²) in [5, 5.41) is 17.8. The molecule has 0 aliphatic rings. The standard InChI is InChI=1S/C11H16N2O6S/c1-19-7-9(14)4-5-13-20(17,18)10-3-2-8(6-12-10)11(15)16/h2-3,6,9,13-14H,4-5,7H2,1H3,(H,15,16). The molecular weight excluding hydrogens is 288 g/mol. The molecule has 0 aliphatic carbocycles. The molecule has 0 aromatic carbocycles. The van der Waals surface area contributed by atoms with E-state index in [4.69, 9.17) is 9.84 Å². The summed E-state index contributed by atoms with van der Waals surface area (Å²) >= 11 is 0. The first-order valence-corrected chi connectivity index (χ1v) is 7.21. The number of nitrogens with one attached hydrogen (secondary N) is 1. The maximum atomic E-state index is 11.8. The van der Waals surface area contributed by atoms with E-state index in [0.29, 0.717) is 0 Å². The van der Waals surface area contributed by atoms with Gasteiger partial charge in [-0.25, -0.2) is 22.9 Å². The fourth-order valence-electron chi connectivity index (χ4n) is 1.38. The van der Waals surface area contributed by atoms with Crippen molar-refractivity contribution in [1.29, 1.82) is 0 Å². The second-order valence-corrected chi connectivity index (χ2v) is 5.70. The largest absolute Gasteiger partial charge is 0.478 e. The Bertz CT molecular complexity index is 543. The number of aromatic carboxylic acids is 1. The van der Waals surface area contributed by atoms with Gasteiger partial charge in [0, 0.05) is 19.9 Å². The average Bonchev–Trinajstić information content (AvgIpc) is 2.39. The minimum Gasteiger partial charge on any atom is -0.478 e. The molecule has 0 fully saturated rings. The van der Waals surface area contributed by atoms with Crippen LogP contribution in [0.4, 0.5) is 0 Å². The molecule has 0 radical (unpaired) electrons. The Morgan fingerprint density at radius 1 is 1.50 bits per heavy atom. The van der Waals surface area contributed by atoms with Crippen LogP contribution in [-0.4, -0.2) is 55.9 Å². The van der Waals surface area contributed by atoms with E-state index in [-0.39, 0.29) is 30.2 Å². The monoisotopic (exact) mass is 304 g/mol. The molecule has 1 unspecified atom stereocenters. The number of carbonyl (C=O) groups is 1. The van der Waals surface area contributed by atoms with Gasteiger partial charge in [-0.1, -0.05) is 0 Å². The topological polar surface area (TPSA) is 126 Å². The number of nitrogens with zero attached hydrogens (tertiary/aromatic N) is 1. The van der Waals surface area contributed by atoms with Gasteiger partial charge in [-0.05, 0) is 18.6 Å². The van der Waals surface area contributed by atoms with Crippen molar-refractivity contribution >= 4 is 16.0 Å². The maximum absolute atomic E-state index is 11.8. The van der Waals surface area contributed by atoms with Crippen LogP contribution in [0.5, 0.6) is 0 Å². The summed E-state index contributed by atoms with van der Waals surface area (Å²) < 4.78 is 30.6. The maximum Gasteiger partial charge on any atom is 0.337 e. The molecule has 0 amide bonds. The number of carboxylic acids is 1. The summed E-state index contributed by atoms with van der Waals surface area (Å²) in [6, 6.07) is 2.26. The van der Waals surface area contributed by atoms with Crippen molar-refractivity contribution in [3.8, 4) is 0 Å². The Hall–Kier alpha value is -1.55. The predicted molar refractivity (Wildman–Crippen MR) is 68.9 cm³/mol. The normalized spacial score (nSPS) is 13.1. The molecule has 0 spiro atoms. The smallest absolute Gasteiger partial charge is 0.337 e. The SMILES string of the molecule is COCC(O)CCNS(=O)(=O)c1ccc(C(=O)O)cn1. The summed E-state index contributed by atoms with van der Waals surface area (Å²) in [5.74, 6) is -1.18. The van der Waals surface area contributed by atoms with Gasteiger partial charge in [0.1, 0.15) is 0 Å². The molecule has 0 saturated carbocycles. The van der Waals surface area contributed by atoms with Gasteiger partial charge >= 0.3 is 5.97 Å². The van der Waals surface area contributed by atoms with Crippen molar-refractivity contribution in [2.75, 3.05) is 20.3 Å². The Morgan fingerprint density at radius 2 is 2.20 bits per heavy atom. The van der Waals surface area contributed by atoms with E-state index in [0.717, 1.165) is 18.3 Å². The molecule has 1 aromatic heterocycles. The van der Waals surface area contributed by atoms with Crippen molar-refractivity contribution in [3.05, 3.63) is 23.9 Å². The Balaban J connectivity index is 2.62. The van der Waals surface area contributed by atoms with Gasteiger partial charge in [-0.3, -0.25) is 0 Å². The average molecular weight is 304 g/mol. The number of aromatic nitrogens is 1. The molecule has 0 saturated heterocycles. The molecule has 1 heterocycles. The number of rotatable bonds is 8. The number of aliphatic hydroxyl groups is 1. The third kappa shape index (κ3) is 4.85. The molecule has 0 bridgehead atoms. The van der Waals surface area contributed by atoms with Gasteiger partial charge in [-0.15, -0.1) is 0 Å². The summed E-state index contributed by atoms with van der Waals surface area (Å²) in [4.78, 5) is 14.2. The molecule has 0 aliphatic heterocycles. The van der Waals surface area contributed by atoms with Gasteiger partial charge in [0.2, 0.25) is 0 Å². The first-order valence-electron chi connectivity index (χ1n) is 5.73. The van der Waals surface area contributed by atoms with Crippen LogP contribution in [0.2, 0.25) is 0 Å². The lowest BCUT2D eigenvalue weighted by molar-refractivity contribution is 0.0603. The fraction of sp³-hybridized carbons (Fsp3) is 0.455. The zero-order valence-corrected chi connectivity index (χ0v) is 11.6. The highest BCUT2D eigenvalue weighted by Gasteiger charge is 2.16. The Morgan fingerprint density at radius 3 is 2.70 bits per heavy atom. The lowest BCUT2D eigenvalue weighted by Crippen LogP contribution is -2.29. The molecule has 9 heteroatoms. The molecule has 1 aromatic rings. The molecular formula is C11H16N2O6S. The zero-order valence-electron chi connectivity index (χ0n) is 10.8. The fourth-order valence-corrected chi connectivity index (χ4v) is 2.35. The number of sulfonamides is 1. The second-order valence-electron chi connectivity index (χ2n) is 3.99. The van der Waals surface area contributed by atoms with E-state index in [1.807, 2.05) is 0 Å². The number of methoxy groups -OCH3 is 1. The van der Waals surface area contributed by atoms with E-state index in [1.165, 1.54) is 7.11 Å². The number of aliphatic hydroxyl groups excluding tert-OH is 1. The van der Waals surface area contributed by atoms with Gasteiger partial charge in [0.25, 0.3) is 10.0 Å². The van der Waals surface area contributed by atoms with Gasteiger partial charge in [0.05, 0.1) is 18.3 Å². The zero-order chi connectivity index (χ0) is 15.2. The Kier molecular flexibility index (Phi) is 6.02. The van der Waals surface area contributed by atoms with E-state index in [2.05, 4.69) is 9.71 Å².